The van der Waals surface area contributed by atoms with Crippen LogP contribution in [0.25, 0.3) is 11.1 Å². The van der Waals surface area contributed by atoms with Gasteiger partial charge in [0.1, 0.15) is 11.5 Å². The zero-order chi connectivity index (χ0) is 16.3. The quantitative estimate of drug-likeness (QED) is 0.562. The minimum Gasteiger partial charge on any atom is -0.457 e. The van der Waals surface area contributed by atoms with Gasteiger partial charge in [0, 0.05) is 0 Å². The van der Waals surface area contributed by atoms with Gasteiger partial charge in [0.2, 0.25) is 0 Å². The van der Waals surface area contributed by atoms with Gasteiger partial charge in [-0.1, -0.05) is 42.5 Å². The third-order valence-electron chi connectivity index (χ3n) is 3.38. The standard InChI is InChI=1S/C19H13F3O/c20-19(21,22)16-10-6-14(7-11-16)15-8-12-18(13-9-15)23-17-4-2-1-3-5-17/h1-13H. The number of hydrogen-bond acceptors (Lipinski definition) is 1. The van der Waals surface area contributed by atoms with Crippen LogP contribution in [-0.2, 0) is 6.18 Å². The van der Waals surface area contributed by atoms with Crippen molar-refractivity contribution in [3.63, 3.8) is 0 Å². The van der Waals surface area contributed by atoms with E-state index in [2.05, 4.69) is 0 Å². The molecule has 3 aromatic carbocycles. The van der Waals surface area contributed by atoms with E-state index in [0.717, 1.165) is 29.0 Å². The smallest absolute Gasteiger partial charge is 0.416 e. The highest BCUT2D eigenvalue weighted by Crippen LogP contribution is 2.31. The summed E-state index contributed by atoms with van der Waals surface area (Å²) in [6, 6.07) is 21.7. The molecule has 0 saturated carbocycles. The summed E-state index contributed by atoms with van der Waals surface area (Å²) in [7, 11) is 0. The zero-order valence-electron chi connectivity index (χ0n) is 12.0. The first kappa shape index (κ1) is 15.2. The largest absolute Gasteiger partial charge is 0.457 e. The maximum absolute atomic E-state index is 12.6. The van der Waals surface area contributed by atoms with Gasteiger partial charge in [-0.15, -0.1) is 0 Å². The van der Waals surface area contributed by atoms with Gasteiger partial charge in [0.05, 0.1) is 5.56 Å². The van der Waals surface area contributed by atoms with Gasteiger partial charge < -0.3 is 4.74 Å². The topological polar surface area (TPSA) is 9.23 Å². The molecule has 0 aliphatic heterocycles. The van der Waals surface area contributed by atoms with Crippen LogP contribution in [0.3, 0.4) is 0 Å². The van der Waals surface area contributed by atoms with E-state index < -0.39 is 11.7 Å². The molecule has 0 radical (unpaired) electrons. The molecule has 23 heavy (non-hydrogen) atoms. The molecule has 0 atom stereocenters. The molecule has 116 valence electrons. The van der Waals surface area contributed by atoms with Crippen molar-refractivity contribution < 1.29 is 17.9 Å². The molecule has 0 aliphatic carbocycles. The van der Waals surface area contributed by atoms with Crippen molar-refractivity contribution in [3.05, 3.63) is 84.4 Å². The van der Waals surface area contributed by atoms with Crippen LogP contribution < -0.4 is 4.74 Å². The predicted molar refractivity (Wildman–Crippen MR) is 83.4 cm³/mol. The maximum atomic E-state index is 12.6. The highest BCUT2D eigenvalue weighted by atomic mass is 19.4. The Kier molecular flexibility index (Phi) is 4.06. The van der Waals surface area contributed by atoms with Crippen LogP contribution in [0.5, 0.6) is 11.5 Å². The van der Waals surface area contributed by atoms with Gasteiger partial charge in [0.25, 0.3) is 0 Å². The van der Waals surface area contributed by atoms with E-state index in [4.69, 9.17) is 4.74 Å². The Morgan fingerprint density at radius 3 is 1.57 bits per heavy atom. The molecule has 3 rings (SSSR count). The molecule has 0 saturated heterocycles. The lowest BCUT2D eigenvalue weighted by atomic mass is 10.0. The lowest BCUT2D eigenvalue weighted by Gasteiger charge is -2.09. The summed E-state index contributed by atoms with van der Waals surface area (Å²) in [5.74, 6) is 1.40. The number of hydrogen-bond donors (Lipinski definition) is 0. The summed E-state index contributed by atoms with van der Waals surface area (Å²) >= 11 is 0. The summed E-state index contributed by atoms with van der Waals surface area (Å²) in [6.45, 7) is 0. The number of ether oxygens (including phenoxy) is 1. The Balaban J connectivity index is 1.77. The van der Waals surface area contributed by atoms with Gasteiger partial charge in [-0.3, -0.25) is 0 Å². The highest BCUT2D eigenvalue weighted by molar-refractivity contribution is 5.64. The predicted octanol–water partition coefficient (Wildman–Crippen LogP) is 6.16. The first-order valence-electron chi connectivity index (χ1n) is 7.03. The van der Waals surface area contributed by atoms with E-state index >= 15 is 0 Å². The second-order valence-electron chi connectivity index (χ2n) is 5.01. The number of alkyl halides is 3. The number of para-hydroxylation sites is 1. The molecule has 0 bridgehead atoms. The molecular weight excluding hydrogens is 301 g/mol. The minimum atomic E-state index is -4.31. The molecule has 0 aliphatic rings. The number of benzene rings is 3. The van der Waals surface area contributed by atoms with E-state index in [0.29, 0.717) is 5.75 Å². The Morgan fingerprint density at radius 2 is 1.04 bits per heavy atom. The number of rotatable bonds is 3. The van der Waals surface area contributed by atoms with Crippen molar-refractivity contribution in [2.75, 3.05) is 0 Å². The van der Waals surface area contributed by atoms with Crippen LogP contribution in [0.4, 0.5) is 13.2 Å². The van der Waals surface area contributed by atoms with Crippen LogP contribution in [0.1, 0.15) is 5.56 Å². The molecule has 0 spiro atoms. The second-order valence-corrected chi connectivity index (χ2v) is 5.01. The minimum absolute atomic E-state index is 0.648. The molecule has 0 fully saturated rings. The average molecular weight is 314 g/mol. The second kappa shape index (κ2) is 6.16. The fraction of sp³-hybridized carbons (Fsp3) is 0.0526. The summed E-state index contributed by atoms with van der Waals surface area (Å²) in [5, 5.41) is 0. The van der Waals surface area contributed by atoms with Gasteiger partial charge in [-0.05, 0) is 47.5 Å². The molecule has 4 heteroatoms. The lowest BCUT2D eigenvalue weighted by Crippen LogP contribution is -2.03. The van der Waals surface area contributed by atoms with Crippen LogP contribution >= 0.6 is 0 Å². The van der Waals surface area contributed by atoms with Crippen LogP contribution in [-0.4, -0.2) is 0 Å². The van der Waals surface area contributed by atoms with Crippen LogP contribution in [0.15, 0.2) is 78.9 Å². The van der Waals surface area contributed by atoms with E-state index in [1.165, 1.54) is 12.1 Å². The molecule has 3 aromatic rings. The average Bonchev–Trinajstić information content (AvgIpc) is 2.56. The van der Waals surface area contributed by atoms with E-state index in [1.807, 2.05) is 42.5 Å². The van der Waals surface area contributed by atoms with E-state index in [9.17, 15) is 13.2 Å². The number of halogens is 3. The summed E-state index contributed by atoms with van der Waals surface area (Å²) < 4.78 is 43.4. The Morgan fingerprint density at radius 1 is 0.565 bits per heavy atom. The summed E-state index contributed by atoms with van der Waals surface area (Å²) in [5.41, 5.74) is 0.911. The SMILES string of the molecule is FC(F)(F)c1ccc(-c2ccc(Oc3ccccc3)cc2)cc1. The fourth-order valence-corrected chi connectivity index (χ4v) is 2.19. The van der Waals surface area contributed by atoms with Crippen molar-refractivity contribution in [1.82, 2.24) is 0 Å². The van der Waals surface area contributed by atoms with Gasteiger partial charge >= 0.3 is 6.18 Å². The highest BCUT2D eigenvalue weighted by Gasteiger charge is 2.29. The monoisotopic (exact) mass is 314 g/mol. The maximum Gasteiger partial charge on any atom is 0.416 e. The molecule has 0 aromatic heterocycles. The normalized spacial score (nSPS) is 11.3. The molecule has 0 heterocycles. The molecule has 0 amide bonds. The van der Waals surface area contributed by atoms with Crippen molar-refractivity contribution in [1.29, 1.82) is 0 Å². The van der Waals surface area contributed by atoms with Crippen molar-refractivity contribution in [2.24, 2.45) is 0 Å². The molecular formula is C19H13F3O. The molecule has 0 unspecified atom stereocenters. The van der Waals surface area contributed by atoms with Crippen LogP contribution in [0, 0.1) is 0 Å². The van der Waals surface area contributed by atoms with Gasteiger partial charge in [-0.2, -0.15) is 13.2 Å². The zero-order valence-corrected chi connectivity index (χ0v) is 12.0. The Bertz CT molecular complexity index is 760. The first-order chi connectivity index (χ1) is 11.0. The van der Waals surface area contributed by atoms with E-state index in [1.54, 1.807) is 12.1 Å². The Labute approximate surface area is 132 Å². The van der Waals surface area contributed by atoms with E-state index in [-0.39, 0.29) is 0 Å². The summed E-state index contributed by atoms with van der Waals surface area (Å²) in [4.78, 5) is 0. The molecule has 1 nitrogen and oxygen atoms in total. The Hall–Kier alpha value is -2.75. The molecule has 0 N–H and O–H groups in total. The third-order valence-corrected chi connectivity index (χ3v) is 3.38. The van der Waals surface area contributed by atoms with Crippen molar-refractivity contribution in [3.8, 4) is 22.6 Å². The van der Waals surface area contributed by atoms with Gasteiger partial charge in [0.15, 0.2) is 0 Å². The third kappa shape index (κ3) is 3.72. The summed E-state index contributed by atoms with van der Waals surface area (Å²) in [6.07, 6.45) is -4.31. The van der Waals surface area contributed by atoms with Crippen molar-refractivity contribution >= 4 is 0 Å². The first-order valence-corrected chi connectivity index (χ1v) is 7.03. The fourth-order valence-electron chi connectivity index (χ4n) is 2.19. The van der Waals surface area contributed by atoms with Crippen LogP contribution in [0.2, 0.25) is 0 Å². The van der Waals surface area contributed by atoms with Crippen molar-refractivity contribution in [2.45, 2.75) is 6.18 Å². The lowest BCUT2D eigenvalue weighted by molar-refractivity contribution is -0.137. The van der Waals surface area contributed by atoms with Gasteiger partial charge in [-0.25, -0.2) is 0 Å².